The predicted molar refractivity (Wildman–Crippen MR) is 63.1 cm³/mol. The maximum Gasteiger partial charge on any atom is 0.239 e. The van der Waals surface area contributed by atoms with Crippen molar-refractivity contribution in [2.45, 2.75) is 13.5 Å². The van der Waals surface area contributed by atoms with Crippen molar-refractivity contribution in [3.8, 4) is 0 Å². The third-order valence-electron chi connectivity index (χ3n) is 2.18. The minimum Gasteiger partial charge on any atom is -0.368 e. The molecule has 1 heterocycles. The highest BCUT2D eigenvalue weighted by atomic mass is 16.2. The Bertz CT molecular complexity index is 401. The molecule has 1 aromatic heterocycles. The van der Waals surface area contributed by atoms with Gasteiger partial charge in [0, 0.05) is 18.7 Å². The third-order valence-corrected chi connectivity index (χ3v) is 2.18. The first-order valence-electron chi connectivity index (χ1n) is 5.29. The molecule has 2 amide bonds. The second-order valence-corrected chi connectivity index (χ2v) is 3.84. The van der Waals surface area contributed by atoms with E-state index in [-0.39, 0.29) is 18.4 Å². The first-order valence-corrected chi connectivity index (χ1v) is 5.29. The number of aromatic nitrogens is 2. The van der Waals surface area contributed by atoms with Crippen LogP contribution in [0.1, 0.15) is 6.92 Å². The maximum atomic E-state index is 11.7. The molecular weight excluding hydrogens is 222 g/mol. The SMILES string of the molecule is CNCC(C)C(=O)Nc1cnn(CC(N)=O)c1. The summed E-state index contributed by atoms with van der Waals surface area (Å²) < 4.78 is 1.38. The Balaban J connectivity index is 2.54. The van der Waals surface area contributed by atoms with Crippen LogP contribution in [0.25, 0.3) is 0 Å². The van der Waals surface area contributed by atoms with Crippen LogP contribution in [-0.4, -0.2) is 35.2 Å². The quantitative estimate of drug-likeness (QED) is 0.602. The molecule has 0 saturated carbocycles. The van der Waals surface area contributed by atoms with Crippen molar-refractivity contribution < 1.29 is 9.59 Å². The van der Waals surface area contributed by atoms with E-state index < -0.39 is 5.91 Å². The van der Waals surface area contributed by atoms with Crippen molar-refractivity contribution in [2.75, 3.05) is 18.9 Å². The van der Waals surface area contributed by atoms with Gasteiger partial charge in [-0.3, -0.25) is 14.3 Å². The lowest BCUT2D eigenvalue weighted by Gasteiger charge is -2.09. The van der Waals surface area contributed by atoms with E-state index in [4.69, 9.17) is 5.73 Å². The zero-order chi connectivity index (χ0) is 12.8. The Hall–Kier alpha value is -1.89. The molecule has 0 aliphatic carbocycles. The highest BCUT2D eigenvalue weighted by Crippen LogP contribution is 2.06. The lowest BCUT2D eigenvalue weighted by atomic mass is 10.1. The molecule has 0 aliphatic heterocycles. The third kappa shape index (κ3) is 4.23. The van der Waals surface area contributed by atoms with Crippen molar-refractivity contribution >= 4 is 17.5 Å². The molecule has 0 bridgehead atoms. The Kier molecular flexibility index (Phi) is 4.65. The number of nitrogens with zero attached hydrogens (tertiary/aromatic N) is 2. The normalized spacial score (nSPS) is 12.1. The first-order chi connectivity index (χ1) is 8.02. The Morgan fingerprint density at radius 1 is 1.59 bits per heavy atom. The number of amides is 2. The van der Waals surface area contributed by atoms with Crippen molar-refractivity contribution in [3.63, 3.8) is 0 Å². The van der Waals surface area contributed by atoms with E-state index in [9.17, 15) is 9.59 Å². The fourth-order valence-electron chi connectivity index (χ4n) is 1.34. The van der Waals surface area contributed by atoms with Crippen LogP contribution in [0.4, 0.5) is 5.69 Å². The summed E-state index contributed by atoms with van der Waals surface area (Å²) in [6.07, 6.45) is 3.04. The molecule has 1 atom stereocenters. The summed E-state index contributed by atoms with van der Waals surface area (Å²) in [4.78, 5) is 22.3. The van der Waals surface area contributed by atoms with E-state index in [0.717, 1.165) is 0 Å². The van der Waals surface area contributed by atoms with Gasteiger partial charge in [-0.2, -0.15) is 5.10 Å². The molecule has 0 aromatic carbocycles. The summed E-state index contributed by atoms with van der Waals surface area (Å²) in [6, 6.07) is 0. The molecule has 1 unspecified atom stereocenters. The average molecular weight is 239 g/mol. The van der Waals surface area contributed by atoms with Gasteiger partial charge in [-0.05, 0) is 7.05 Å². The molecule has 1 rings (SSSR count). The van der Waals surface area contributed by atoms with Gasteiger partial charge in [0.1, 0.15) is 6.54 Å². The second kappa shape index (κ2) is 6.00. The molecular formula is C10H17N5O2. The number of carbonyl (C=O) groups is 2. The molecule has 7 nitrogen and oxygen atoms in total. The van der Waals surface area contributed by atoms with E-state index in [1.807, 2.05) is 6.92 Å². The monoisotopic (exact) mass is 239 g/mol. The van der Waals surface area contributed by atoms with Gasteiger partial charge in [-0.25, -0.2) is 0 Å². The molecule has 0 aliphatic rings. The fraction of sp³-hybridized carbons (Fsp3) is 0.500. The maximum absolute atomic E-state index is 11.7. The average Bonchev–Trinajstić information content (AvgIpc) is 2.64. The molecule has 17 heavy (non-hydrogen) atoms. The molecule has 4 N–H and O–H groups in total. The van der Waals surface area contributed by atoms with Crippen LogP contribution < -0.4 is 16.4 Å². The Labute approximate surface area is 99.4 Å². The number of primary amides is 1. The van der Waals surface area contributed by atoms with Gasteiger partial charge < -0.3 is 16.4 Å². The first kappa shape index (κ1) is 13.2. The van der Waals surface area contributed by atoms with Crippen LogP contribution in [0, 0.1) is 5.92 Å². The number of hydrogen-bond donors (Lipinski definition) is 3. The minimum absolute atomic E-state index is 0.00192. The highest BCUT2D eigenvalue weighted by molar-refractivity contribution is 5.92. The zero-order valence-electron chi connectivity index (χ0n) is 9.93. The van der Waals surface area contributed by atoms with Crippen LogP contribution in [0.3, 0.4) is 0 Å². The van der Waals surface area contributed by atoms with Crippen molar-refractivity contribution in [1.82, 2.24) is 15.1 Å². The van der Waals surface area contributed by atoms with E-state index in [1.54, 1.807) is 13.2 Å². The summed E-state index contributed by atoms with van der Waals surface area (Å²) in [5.41, 5.74) is 5.58. The van der Waals surface area contributed by atoms with Crippen LogP contribution in [0.15, 0.2) is 12.4 Å². The number of anilines is 1. The summed E-state index contributed by atoms with van der Waals surface area (Å²) in [5, 5.41) is 9.53. The smallest absolute Gasteiger partial charge is 0.239 e. The van der Waals surface area contributed by atoms with Gasteiger partial charge >= 0.3 is 0 Å². The minimum atomic E-state index is -0.477. The van der Waals surface area contributed by atoms with Crippen molar-refractivity contribution in [1.29, 1.82) is 0 Å². The molecule has 7 heteroatoms. The predicted octanol–water partition coefficient (Wildman–Crippen LogP) is -0.838. The van der Waals surface area contributed by atoms with E-state index in [0.29, 0.717) is 12.2 Å². The summed E-state index contributed by atoms with van der Waals surface area (Å²) in [6.45, 7) is 2.42. The largest absolute Gasteiger partial charge is 0.368 e. The van der Waals surface area contributed by atoms with Crippen molar-refractivity contribution in [3.05, 3.63) is 12.4 Å². The summed E-state index contributed by atoms with van der Waals surface area (Å²) >= 11 is 0. The van der Waals surface area contributed by atoms with Crippen molar-refractivity contribution in [2.24, 2.45) is 11.7 Å². The molecule has 1 aromatic rings. The Morgan fingerprint density at radius 2 is 2.29 bits per heavy atom. The fourth-order valence-corrected chi connectivity index (χ4v) is 1.34. The molecule has 0 radical (unpaired) electrons. The van der Waals surface area contributed by atoms with E-state index in [2.05, 4.69) is 15.7 Å². The second-order valence-electron chi connectivity index (χ2n) is 3.84. The summed E-state index contributed by atoms with van der Waals surface area (Å²) in [5.74, 6) is -0.716. The lowest BCUT2D eigenvalue weighted by molar-refractivity contribution is -0.119. The Morgan fingerprint density at radius 3 is 2.88 bits per heavy atom. The van der Waals surface area contributed by atoms with Crippen LogP contribution in [0.2, 0.25) is 0 Å². The number of rotatable bonds is 6. The van der Waals surface area contributed by atoms with Gasteiger partial charge in [0.2, 0.25) is 11.8 Å². The van der Waals surface area contributed by atoms with Crippen LogP contribution >= 0.6 is 0 Å². The van der Waals surface area contributed by atoms with Gasteiger partial charge in [0.25, 0.3) is 0 Å². The number of hydrogen-bond acceptors (Lipinski definition) is 4. The zero-order valence-corrected chi connectivity index (χ0v) is 9.93. The number of nitrogens with one attached hydrogen (secondary N) is 2. The lowest BCUT2D eigenvalue weighted by Crippen LogP contribution is -2.28. The van der Waals surface area contributed by atoms with E-state index in [1.165, 1.54) is 10.9 Å². The molecule has 94 valence electrons. The standard InChI is InChI=1S/C10H17N5O2/c1-7(3-12-2)10(17)14-8-4-13-15(5-8)6-9(11)16/h4-5,7,12H,3,6H2,1-2H3,(H2,11,16)(H,14,17). The molecule has 0 spiro atoms. The van der Waals surface area contributed by atoms with Crippen LogP contribution in [-0.2, 0) is 16.1 Å². The van der Waals surface area contributed by atoms with Gasteiger partial charge in [0.05, 0.1) is 11.9 Å². The van der Waals surface area contributed by atoms with E-state index >= 15 is 0 Å². The van der Waals surface area contributed by atoms with Gasteiger partial charge in [-0.15, -0.1) is 0 Å². The van der Waals surface area contributed by atoms with Gasteiger partial charge in [0.15, 0.2) is 0 Å². The topological polar surface area (TPSA) is 102 Å². The van der Waals surface area contributed by atoms with Crippen LogP contribution in [0.5, 0.6) is 0 Å². The number of nitrogens with two attached hydrogens (primary N) is 1. The number of carbonyl (C=O) groups excluding carboxylic acids is 2. The molecule has 0 fully saturated rings. The van der Waals surface area contributed by atoms with Gasteiger partial charge in [-0.1, -0.05) is 6.92 Å². The summed E-state index contributed by atoms with van der Waals surface area (Å²) in [7, 11) is 1.79. The highest BCUT2D eigenvalue weighted by Gasteiger charge is 2.12. The molecule has 0 saturated heterocycles.